The van der Waals surface area contributed by atoms with Gasteiger partial charge >= 0.3 is 0 Å². The summed E-state index contributed by atoms with van der Waals surface area (Å²) in [6, 6.07) is 6.69. The number of rotatable bonds is 3. The molecule has 1 saturated heterocycles. The van der Waals surface area contributed by atoms with Crippen LogP contribution in [0.1, 0.15) is 13.3 Å². The monoisotopic (exact) mass is 270 g/mol. The maximum atomic E-state index is 11.6. The number of nitrogens with zero attached hydrogens (tertiary/aromatic N) is 1. The highest BCUT2D eigenvalue weighted by Crippen LogP contribution is 2.27. The molecular weight excluding hydrogens is 252 g/mol. The van der Waals surface area contributed by atoms with Crippen molar-refractivity contribution in [2.75, 3.05) is 25.0 Å². The van der Waals surface area contributed by atoms with E-state index in [1.807, 2.05) is 6.92 Å². The van der Waals surface area contributed by atoms with Gasteiger partial charge in [-0.3, -0.25) is 0 Å². The van der Waals surface area contributed by atoms with Gasteiger partial charge in [-0.2, -0.15) is 0 Å². The van der Waals surface area contributed by atoms with Gasteiger partial charge in [-0.25, -0.2) is 13.1 Å². The third-order valence-corrected chi connectivity index (χ3v) is 4.66. The van der Waals surface area contributed by atoms with Crippen LogP contribution in [0, 0.1) is 0 Å². The number of sulfonamides is 1. The summed E-state index contributed by atoms with van der Waals surface area (Å²) < 4.78 is 25.4. The van der Waals surface area contributed by atoms with Gasteiger partial charge in [0.15, 0.2) is 0 Å². The summed E-state index contributed by atoms with van der Waals surface area (Å²) in [6.07, 6.45) is 0.726. The summed E-state index contributed by atoms with van der Waals surface area (Å²) in [5, 5.41) is 9.90. The molecule has 5 nitrogen and oxygen atoms in total. The van der Waals surface area contributed by atoms with Crippen molar-refractivity contribution >= 4 is 15.7 Å². The zero-order valence-corrected chi connectivity index (χ0v) is 11.4. The summed E-state index contributed by atoms with van der Waals surface area (Å²) in [7, 11) is -1.99. The highest BCUT2D eigenvalue weighted by atomic mass is 32.2. The lowest BCUT2D eigenvalue weighted by atomic mass is 10.1. The van der Waals surface area contributed by atoms with Crippen LogP contribution in [-0.2, 0) is 10.0 Å². The minimum Gasteiger partial charge on any atom is -0.388 e. The minimum atomic E-state index is -3.38. The molecule has 18 heavy (non-hydrogen) atoms. The summed E-state index contributed by atoms with van der Waals surface area (Å²) in [5.74, 6) is 0. The van der Waals surface area contributed by atoms with Crippen LogP contribution in [0.3, 0.4) is 0 Å². The van der Waals surface area contributed by atoms with Crippen molar-refractivity contribution in [3.05, 3.63) is 24.3 Å². The van der Waals surface area contributed by atoms with Crippen molar-refractivity contribution in [3.63, 3.8) is 0 Å². The SMILES string of the molecule is CNS(=O)(=O)c1ccc(N2CCC(C)(O)C2)cc1. The van der Waals surface area contributed by atoms with Gasteiger partial charge in [0, 0.05) is 18.8 Å². The van der Waals surface area contributed by atoms with E-state index < -0.39 is 15.6 Å². The first-order chi connectivity index (χ1) is 8.34. The molecule has 0 aromatic heterocycles. The average Bonchev–Trinajstić information content (AvgIpc) is 2.70. The second-order valence-electron chi connectivity index (χ2n) is 4.87. The molecular formula is C12H18N2O3S. The van der Waals surface area contributed by atoms with Crippen molar-refractivity contribution < 1.29 is 13.5 Å². The van der Waals surface area contributed by atoms with E-state index in [4.69, 9.17) is 0 Å². The molecule has 1 unspecified atom stereocenters. The number of β-amino-alcohol motifs (C(OH)–C–C–N with tert-alkyl or cyclic N) is 1. The molecule has 2 N–H and O–H groups in total. The summed E-state index contributed by atoms with van der Waals surface area (Å²) >= 11 is 0. The van der Waals surface area contributed by atoms with Crippen LogP contribution in [0.5, 0.6) is 0 Å². The highest BCUT2D eigenvalue weighted by Gasteiger charge is 2.31. The van der Waals surface area contributed by atoms with Crippen molar-refractivity contribution in [1.82, 2.24) is 4.72 Å². The predicted octanol–water partition coefficient (Wildman–Crippen LogP) is 0.556. The Kier molecular flexibility index (Phi) is 3.35. The lowest BCUT2D eigenvalue weighted by Crippen LogP contribution is -2.29. The van der Waals surface area contributed by atoms with Gasteiger partial charge in [0.25, 0.3) is 0 Å². The number of aliphatic hydroxyl groups is 1. The summed E-state index contributed by atoms with van der Waals surface area (Å²) in [6.45, 7) is 3.17. The van der Waals surface area contributed by atoms with E-state index in [9.17, 15) is 13.5 Å². The van der Waals surface area contributed by atoms with Crippen LogP contribution in [-0.4, -0.2) is 39.3 Å². The maximum Gasteiger partial charge on any atom is 0.240 e. The molecule has 1 aromatic carbocycles. The lowest BCUT2D eigenvalue weighted by Gasteiger charge is -2.21. The molecule has 0 amide bonds. The molecule has 1 atom stereocenters. The van der Waals surface area contributed by atoms with Gasteiger partial charge < -0.3 is 10.0 Å². The van der Waals surface area contributed by atoms with Crippen LogP contribution >= 0.6 is 0 Å². The normalized spacial score (nSPS) is 24.5. The smallest absolute Gasteiger partial charge is 0.240 e. The largest absolute Gasteiger partial charge is 0.388 e. The second kappa shape index (κ2) is 4.53. The van der Waals surface area contributed by atoms with E-state index in [0.29, 0.717) is 6.54 Å². The van der Waals surface area contributed by atoms with Gasteiger partial charge in [0.1, 0.15) is 0 Å². The molecule has 1 aliphatic heterocycles. The fourth-order valence-electron chi connectivity index (χ4n) is 2.12. The van der Waals surface area contributed by atoms with Crippen LogP contribution in [0.25, 0.3) is 0 Å². The number of hydrogen-bond donors (Lipinski definition) is 2. The van der Waals surface area contributed by atoms with E-state index in [0.717, 1.165) is 18.7 Å². The van der Waals surface area contributed by atoms with Crippen LogP contribution in [0.2, 0.25) is 0 Å². The Labute approximate surface area is 107 Å². The lowest BCUT2D eigenvalue weighted by molar-refractivity contribution is 0.0839. The topological polar surface area (TPSA) is 69.6 Å². The molecule has 6 heteroatoms. The average molecular weight is 270 g/mol. The number of nitrogens with one attached hydrogen (secondary N) is 1. The fourth-order valence-corrected chi connectivity index (χ4v) is 2.85. The molecule has 0 radical (unpaired) electrons. The molecule has 1 aromatic rings. The molecule has 2 rings (SSSR count). The van der Waals surface area contributed by atoms with Crippen molar-refractivity contribution in [2.45, 2.75) is 23.8 Å². The maximum absolute atomic E-state index is 11.6. The molecule has 100 valence electrons. The predicted molar refractivity (Wildman–Crippen MR) is 70.1 cm³/mol. The van der Waals surface area contributed by atoms with Crippen molar-refractivity contribution in [3.8, 4) is 0 Å². The quantitative estimate of drug-likeness (QED) is 0.842. The first-order valence-corrected chi connectivity index (χ1v) is 7.33. The number of hydrogen-bond acceptors (Lipinski definition) is 4. The van der Waals surface area contributed by atoms with Crippen LogP contribution in [0.4, 0.5) is 5.69 Å². The van der Waals surface area contributed by atoms with E-state index in [-0.39, 0.29) is 4.90 Å². The van der Waals surface area contributed by atoms with Crippen molar-refractivity contribution in [2.24, 2.45) is 0 Å². The Balaban J connectivity index is 2.19. The van der Waals surface area contributed by atoms with Gasteiger partial charge in [0.05, 0.1) is 10.5 Å². The van der Waals surface area contributed by atoms with Gasteiger partial charge in [-0.1, -0.05) is 0 Å². The van der Waals surface area contributed by atoms with E-state index in [2.05, 4.69) is 9.62 Å². The van der Waals surface area contributed by atoms with Crippen molar-refractivity contribution in [1.29, 1.82) is 0 Å². The Morgan fingerprint density at radius 1 is 1.33 bits per heavy atom. The molecule has 0 spiro atoms. The van der Waals surface area contributed by atoms with E-state index in [1.54, 1.807) is 24.3 Å². The highest BCUT2D eigenvalue weighted by molar-refractivity contribution is 7.89. The van der Waals surface area contributed by atoms with Crippen LogP contribution in [0.15, 0.2) is 29.2 Å². The van der Waals surface area contributed by atoms with Gasteiger partial charge in [-0.05, 0) is 44.7 Å². The first-order valence-electron chi connectivity index (χ1n) is 5.85. The molecule has 1 fully saturated rings. The minimum absolute atomic E-state index is 0.250. The van der Waals surface area contributed by atoms with Crippen LogP contribution < -0.4 is 9.62 Å². The summed E-state index contributed by atoms with van der Waals surface area (Å²) in [5.41, 5.74) is 0.276. The van der Waals surface area contributed by atoms with Gasteiger partial charge in [0.2, 0.25) is 10.0 Å². The zero-order chi connectivity index (χ0) is 13.4. The standard InChI is InChI=1S/C12H18N2O3S/c1-12(15)7-8-14(9-12)10-3-5-11(6-4-10)18(16,17)13-2/h3-6,13,15H,7-9H2,1-2H3. The Morgan fingerprint density at radius 2 is 1.94 bits per heavy atom. The van der Waals surface area contributed by atoms with E-state index >= 15 is 0 Å². The number of anilines is 1. The zero-order valence-electron chi connectivity index (χ0n) is 10.5. The second-order valence-corrected chi connectivity index (χ2v) is 6.76. The molecule has 1 aliphatic rings. The number of benzene rings is 1. The summed E-state index contributed by atoms with van der Waals surface area (Å²) in [4.78, 5) is 2.30. The van der Waals surface area contributed by atoms with Gasteiger partial charge in [-0.15, -0.1) is 0 Å². The first kappa shape index (κ1) is 13.3. The molecule has 0 bridgehead atoms. The third kappa shape index (κ3) is 2.66. The molecule has 0 saturated carbocycles. The Hall–Kier alpha value is -1.11. The fraction of sp³-hybridized carbons (Fsp3) is 0.500. The Bertz CT molecular complexity index is 523. The Morgan fingerprint density at radius 3 is 2.39 bits per heavy atom. The molecule has 1 heterocycles. The third-order valence-electron chi connectivity index (χ3n) is 3.23. The molecule has 0 aliphatic carbocycles. The van der Waals surface area contributed by atoms with E-state index in [1.165, 1.54) is 7.05 Å².